The van der Waals surface area contributed by atoms with Gasteiger partial charge in [-0.2, -0.15) is 0 Å². The van der Waals surface area contributed by atoms with Gasteiger partial charge in [-0.3, -0.25) is 0 Å². The third kappa shape index (κ3) is 8.18. The second kappa shape index (κ2) is 11.8. The average molecular weight is 406 g/mol. The topological polar surface area (TPSA) is 39.7 Å². The Kier molecular flexibility index (Phi) is 9.78. The van der Waals surface area contributed by atoms with Crippen LogP contribution in [0.1, 0.15) is 72.3 Å². The molecule has 0 unspecified atom stereocenters. The molecular formula is C25H43NO3. The summed E-state index contributed by atoms with van der Waals surface area (Å²) < 4.78 is 17.1. The van der Waals surface area contributed by atoms with E-state index in [0.717, 1.165) is 48.9 Å². The molecule has 1 aromatic carbocycles. The van der Waals surface area contributed by atoms with Gasteiger partial charge in [0.25, 0.3) is 0 Å². The van der Waals surface area contributed by atoms with Crippen LogP contribution in [0.25, 0.3) is 0 Å². The Morgan fingerprint density at radius 1 is 1.17 bits per heavy atom. The highest BCUT2D eigenvalue weighted by atomic mass is 16.5. The van der Waals surface area contributed by atoms with Crippen molar-refractivity contribution in [3.63, 3.8) is 0 Å². The Morgan fingerprint density at radius 2 is 1.97 bits per heavy atom. The van der Waals surface area contributed by atoms with Gasteiger partial charge in [0.15, 0.2) is 11.5 Å². The van der Waals surface area contributed by atoms with Crippen molar-refractivity contribution in [1.29, 1.82) is 0 Å². The Hall–Kier alpha value is -1.26. The number of methoxy groups -OCH3 is 1. The minimum Gasteiger partial charge on any atom is -0.493 e. The number of ether oxygens (including phenoxy) is 3. The van der Waals surface area contributed by atoms with E-state index in [1.54, 1.807) is 7.11 Å². The molecule has 0 amide bonds. The summed E-state index contributed by atoms with van der Waals surface area (Å²) in [4.78, 5) is 0. The maximum absolute atomic E-state index is 5.97. The van der Waals surface area contributed by atoms with Crippen molar-refractivity contribution in [3.05, 3.63) is 23.8 Å². The molecule has 29 heavy (non-hydrogen) atoms. The Balaban J connectivity index is 1.87. The molecule has 2 atom stereocenters. The first-order chi connectivity index (χ1) is 13.8. The Morgan fingerprint density at radius 3 is 2.62 bits per heavy atom. The highest BCUT2D eigenvalue weighted by Crippen LogP contribution is 2.37. The maximum atomic E-state index is 5.97. The van der Waals surface area contributed by atoms with E-state index in [2.05, 4.69) is 45.1 Å². The molecule has 0 aromatic heterocycles. The van der Waals surface area contributed by atoms with Crippen LogP contribution in [0.2, 0.25) is 0 Å². The SMILES string of the molecule is CCOc1ccc(CNCC[C@H](CCC(C)C)[C@H]2CCOC(C)(C)C2)cc1OC. The van der Waals surface area contributed by atoms with Crippen molar-refractivity contribution in [1.82, 2.24) is 5.32 Å². The van der Waals surface area contributed by atoms with Crippen LogP contribution in [0.5, 0.6) is 11.5 Å². The van der Waals surface area contributed by atoms with Gasteiger partial charge in [0.05, 0.1) is 19.3 Å². The van der Waals surface area contributed by atoms with E-state index in [1.165, 1.54) is 37.7 Å². The molecule has 0 aliphatic carbocycles. The van der Waals surface area contributed by atoms with E-state index in [-0.39, 0.29) is 5.60 Å². The van der Waals surface area contributed by atoms with Crippen LogP contribution in [0.3, 0.4) is 0 Å². The molecule has 0 bridgehead atoms. The number of hydrogen-bond acceptors (Lipinski definition) is 4. The summed E-state index contributed by atoms with van der Waals surface area (Å²) in [5, 5.41) is 3.65. The largest absolute Gasteiger partial charge is 0.493 e. The van der Waals surface area contributed by atoms with Gasteiger partial charge in [0, 0.05) is 13.2 Å². The lowest BCUT2D eigenvalue weighted by atomic mass is 9.75. The molecule has 1 N–H and O–H groups in total. The fourth-order valence-electron chi connectivity index (χ4n) is 4.46. The molecule has 4 heteroatoms. The van der Waals surface area contributed by atoms with Crippen molar-refractivity contribution in [2.75, 3.05) is 26.9 Å². The molecule has 0 radical (unpaired) electrons. The van der Waals surface area contributed by atoms with E-state index in [9.17, 15) is 0 Å². The normalized spacial score (nSPS) is 19.9. The van der Waals surface area contributed by atoms with Gasteiger partial charge in [-0.25, -0.2) is 0 Å². The fraction of sp³-hybridized carbons (Fsp3) is 0.760. The van der Waals surface area contributed by atoms with E-state index in [1.807, 2.05) is 13.0 Å². The molecule has 166 valence electrons. The maximum Gasteiger partial charge on any atom is 0.161 e. The summed E-state index contributed by atoms with van der Waals surface area (Å²) in [7, 11) is 1.70. The quantitative estimate of drug-likeness (QED) is 0.444. The van der Waals surface area contributed by atoms with Crippen molar-refractivity contribution < 1.29 is 14.2 Å². The summed E-state index contributed by atoms with van der Waals surface area (Å²) in [6, 6.07) is 6.21. The van der Waals surface area contributed by atoms with E-state index in [0.29, 0.717) is 6.61 Å². The van der Waals surface area contributed by atoms with Crippen LogP contribution < -0.4 is 14.8 Å². The van der Waals surface area contributed by atoms with Gasteiger partial charge >= 0.3 is 0 Å². The second-order valence-electron chi connectivity index (χ2n) is 9.48. The zero-order valence-electron chi connectivity index (χ0n) is 19.6. The van der Waals surface area contributed by atoms with Crippen LogP contribution in [-0.4, -0.2) is 32.5 Å². The van der Waals surface area contributed by atoms with Crippen molar-refractivity contribution in [2.45, 2.75) is 78.9 Å². The predicted octanol–water partition coefficient (Wildman–Crippen LogP) is 5.83. The highest BCUT2D eigenvalue weighted by Gasteiger charge is 2.33. The molecule has 0 spiro atoms. The fourth-order valence-corrected chi connectivity index (χ4v) is 4.46. The van der Waals surface area contributed by atoms with Gasteiger partial charge in [-0.05, 0) is 88.4 Å². The third-order valence-corrected chi connectivity index (χ3v) is 6.07. The predicted molar refractivity (Wildman–Crippen MR) is 121 cm³/mol. The smallest absolute Gasteiger partial charge is 0.161 e. The van der Waals surface area contributed by atoms with E-state index < -0.39 is 0 Å². The molecule has 1 fully saturated rings. The van der Waals surface area contributed by atoms with Gasteiger partial charge < -0.3 is 19.5 Å². The lowest BCUT2D eigenvalue weighted by Crippen LogP contribution is -2.37. The highest BCUT2D eigenvalue weighted by molar-refractivity contribution is 5.42. The van der Waals surface area contributed by atoms with Gasteiger partial charge in [-0.15, -0.1) is 0 Å². The molecule has 1 aromatic rings. The van der Waals surface area contributed by atoms with E-state index >= 15 is 0 Å². The van der Waals surface area contributed by atoms with Crippen LogP contribution in [0, 0.1) is 17.8 Å². The number of rotatable bonds is 12. The first kappa shape index (κ1) is 24.0. The Bertz CT molecular complexity index is 600. The number of nitrogens with one attached hydrogen (secondary N) is 1. The van der Waals surface area contributed by atoms with Crippen molar-refractivity contribution in [2.24, 2.45) is 17.8 Å². The minimum atomic E-state index is 0.0330. The molecule has 1 saturated heterocycles. The van der Waals surface area contributed by atoms with Crippen LogP contribution in [0.15, 0.2) is 18.2 Å². The van der Waals surface area contributed by atoms with Crippen molar-refractivity contribution >= 4 is 0 Å². The zero-order valence-corrected chi connectivity index (χ0v) is 19.6. The van der Waals surface area contributed by atoms with Gasteiger partial charge in [-0.1, -0.05) is 26.3 Å². The average Bonchev–Trinajstić information content (AvgIpc) is 2.67. The number of hydrogen-bond donors (Lipinski definition) is 1. The van der Waals surface area contributed by atoms with Crippen LogP contribution >= 0.6 is 0 Å². The second-order valence-corrected chi connectivity index (χ2v) is 9.48. The summed E-state index contributed by atoms with van der Waals surface area (Å²) in [5.41, 5.74) is 1.27. The third-order valence-electron chi connectivity index (χ3n) is 6.07. The summed E-state index contributed by atoms with van der Waals surface area (Å²) >= 11 is 0. The van der Waals surface area contributed by atoms with Crippen molar-refractivity contribution in [3.8, 4) is 11.5 Å². The minimum absolute atomic E-state index is 0.0330. The first-order valence-corrected chi connectivity index (χ1v) is 11.5. The first-order valence-electron chi connectivity index (χ1n) is 11.5. The monoisotopic (exact) mass is 405 g/mol. The molecule has 1 aliphatic rings. The van der Waals surface area contributed by atoms with Gasteiger partial charge in [0.2, 0.25) is 0 Å². The number of benzene rings is 1. The zero-order chi connectivity index (χ0) is 21.3. The van der Waals surface area contributed by atoms with E-state index in [4.69, 9.17) is 14.2 Å². The molecule has 0 saturated carbocycles. The van der Waals surface area contributed by atoms with Crippen LogP contribution in [0.4, 0.5) is 0 Å². The molecule has 2 rings (SSSR count). The lowest BCUT2D eigenvalue weighted by Gasteiger charge is -2.39. The summed E-state index contributed by atoms with van der Waals surface area (Å²) in [5.74, 6) is 3.96. The standard InChI is InChI=1S/C25H43NO3/c1-7-28-23-11-9-20(16-24(23)27-6)18-26-14-12-21(10-8-19(2)3)22-13-15-29-25(4,5)17-22/h9,11,16,19,21-22,26H,7-8,10,12-15,17-18H2,1-6H3/t21-,22-/m0/s1. The Labute approximate surface area is 178 Å². The molecule has 1 aliphatic heterocycles. The molecular weight excluding hydrogens is 362 g/mol. The summed E-state index contributed by atoms with van der Waals surface area (Å²) in [6.07, 6.45) is 6.28. The van der Waals surface area contributed by atoms with Gasteiger partial charge in [0.1, 0.15) is 0 Å². The molecule has 1 heterocycles. The lowest BCUT2D eigenvalue weighted by molar-refractivity contribution is -0.0839. The summed E-state index contributed by atoms with van der Waals surface area (Å²) in [6.45, 7) is 14.6. The molecule has 4 nitrogen and oxygen atoms in total. The van der Waals surface area contributed by atoms with Crippen LogP contribution in [-0.2, 0) is 11.3 Å².